The molecule has 0 amide bonds. The average molecular weight is 339 g/mol. The van der Waals surface area contributed by atoms with Gasteiger partial charge in [-0.1, -0.05) is 78.9 Å². The molecule has 0 fully saturated rings. The van der Waals surface area contributed by atoms with E-state index < -0.39 is 0 Å². The van der Waals surface area contributed by atoms with Crippen LogP contribution in [0.25, 0.3) is 10.8 Å². The summed E-state index contributed by atoms with van der Waals surface area (Å²) in [5.74, 6) is 0.174. The third-order valence-electron chi connectivity index (χ3n) is 4.96. The molecule has 1 unspecified atom stereocenters. The van der Waals surface area contributed by atoms with Crippen LogP contribution in [0.3, 0.4) is 0 Å². The van der Waals surface area contributed by atoms with Gasteiger partial charge in [-0.05, 0) is 22.4 Å². The van der Waals surface area contributed by atoms with Gasteiger partial charge in [0.05, 0.1) is 0 Å². The molecule has 3 aromatic carbocycles. The first-order valence-corrected chi connectivity index (χ1v) is 8.84. The molecule has 0 spiro atoms. The zero-order chi connectivity index (χ0) is 18.1. The second kappa shape index (κ2) is 6.64. The van der Waals surface area contributed by atoms with Crippen molar-refractivity contribution < 1.29 is 4.79 Å². The molecule has 1 aliphatic rings. The van der Waals surface area contributed by atoms with Gasteiger partial charge in [-0.15, -0.1) is 0 Å². The number of benzene rings is 3. The molecule has 26 heavy (non-hydrogen) atoms. The summed E-state index contributed by atoms with van der Waals surface area (Å²) in [4.78, 5) is 15.6. The van der Waals surface area contributed by atoms with Crippen LogP contribution in [-0.2, 0) is 0 Å². The summed E-state index contributed by atoms with van der Waals surface area (Å²) in [6, 6.07) is 21.9. The third-order valence-corrected chi connectivity index (χ3v) is 4.96. The van der Waals surface area contributed by atoms with Crippen molar-refractivity contribution in [2.24, 2.45) is 0 Å². The first-order valence-electron chi connectivity index (χ1n) is 8.84. The van der Waals surface area contributed by atoms with Crippen LogP contribution in [0, 0.1) is 0 Å². The standard InChI is InChI=1S/C24H21NO/c1-25(2)22-14-8-13-20(22)21-16-15-17-9-6-7-12-19(17)23(21)24(26)18-10-4-3-5-11-18/h3-16,20H,1-2H3. The average Bonchev–Trinajstić information content (AvgIpc) is 3.17. The highest BCUT2D eigenvalue weighted by Crippen LogP contribution is 2.37. The maximum atomic E-state index is 13.5. The number of hydrogen-bond acceptors (Lipinski definition) is 2. The molecular formula is C24H21NO. The Kier molecular flexibility index (Phi) is 4.18. The number of carbonyl (C=O) groups excluding carboxylic acids is 1. The number of ketones is 1. The van der Waals surface area contributed by atoms with E-state index >= 15 is 0 Å². The van der Waals surface area contributed by atoms with E-state index in [1.54, 1.807) is 0 Å². The Hall–Kier alpha value is -3.13. The topological polar surface area (TPSA) is 20.3 Å². The minimum absolute atomic E-state index is 0.0795. The van der Waals surface area contributed by atoms with Crippen molar-refractivity contribution in [1.29, 1.82) is 0 Å². The fraction of sp³-hybridized carbons (Fsp3) is 0.125. The molecule has 0 saturated carbocycles. The van der Waals surface area contributed by atoms with Crippen molar-refractivity contribution in [1.82, 2.24) is 4.90 Å². The van der Waals surface area contributed by atoms with Crippen molar-refractivity contribution in [3.63, 3.8) is 0 Å². The van der Waals surface area contributed by atoms with Gasteiger partial charge in [-0.25, -0.2) is 0 Å². The number of allylic oxidation sites excluding steroid dienone is 3. The van der Waals surface area contributed by atoms with Crippen LogP contribution in [-0.4, -0.2) is 24.8 Å². The summed E-state index contributed by atoms with van der Waals surface area (Å²) < 4.78 is 0. The quantitative estimate of drug-likeness (QED) is 0.611. The van der Waals surface area contributed by atoms with Crippen LogP contribution in [0.2, 0.25) is 0 Å². The number of carbonyl (C=O) groups is 1. The molecule has 1 atom stereocenters. The molecule has 2 heteroatoms. The summed E-state index contributed by atoms with van der Waals surface area (Å²) in [6.45, 7) is 0. The Morgan fingerprint density at radius 2 is 1.62 bits per heavy atom. The number of hydrogen-bond donors (Lipinski definition) is 0. The van der Waals surface area contributed by atoms with E-state index in [4.69, 9.17) is 0 Å². The smallest absolute Gasteiger partial charge is 0.193 e. The van der Waals surface area contributed by atoms with Gasteiger partial charge in [0.1, 0.15) is 0 Å². The number of rotatable bonds is 4. The Labute approximate surface area is 154 Å². The molecule has 3 aromatic rings. The van der Waals surface area contributed by atoms with Gasteiger partial charge in [-0.2, -0.15) is 0 Å². The Bertz CT molecular complexity index is 1030. The van der Waals surface area contributed by atoms with Gasteiger partial charge >= 0.3 is 0 Å². The van der Waals surface area contributed by atoms with Crippen LogP contribution in [0.5, 0.6) is 0 Å². The molecule has 0 saturated heterocycles. The maximum Gasteiger partial charge on any atom is 0.193 e. The van der Waals surface area contributed by atoms with Gasteiger partial charge in [0, 0.05) is 36.8 Å². The first-order chi connectivity index (χ1) is 12.7. The molecule has 4 rings (SSSR count). The van der Waals surface area contributed by atoms with Gasteiger partial charge in [-0.3, -0.25) is 4.79 Å². The predicted octanol–water partition coefficient (Wildman–Crippen LogP) is 5.17. The van der Waals surface area contributed by atoms with Crippen LogP contribution >= 0.6 is 0 Å². The van der Waals surface area contributed by atoms with Gasteiger partial charge in [0.15, 0.2) is 5.78 Å². The van der Waals surface area contributed by atoms with Crippen LogP contribution < -0.4 is 0 Å². The normalized spacial score (nSPS) is 15.9. The highest BCUT2D eigenvalue weighted by molar-refractivity contribution is 6.17. The second-order valence-electron chi connectivity index (χ2n) is 6.79. The monoisotopic (exact) mass is 339 g/mol. The van der Waals surface area contributed by atoms with Crippen molar-refractivity contribution in [2.75, 3.05) is 14.1 Å². The molecule has 0 N–H and O–H groups in total. The molecule has 2 nitrogen and oxygen atoms in total. The molecule has 0 radical (unpaired) electrons. The lowest BCUT2D eigenvalue weighted by molar-refractivity contribution is 0.103. The highest BCUT2D eigenvalue weighted by Gasteiger charge is 2.26. The van der Waals surface area contributed by atoms with Crippen LogP contribution in [0.4, 0.5) is 0 Å². The predicted molar refractivity (Wildman–Crippen MR) is 107 cm³/mol. The van der Waals surface area contributed by atoms with E-state index in [9.17, 15) is 4.79 Å². The molecular weight excluding hydrogens is 318 g/mol. The largest absolute Gasteiger partial charge is 0.380 e. The van der Waals surface area contributed by atoms with E-state index in [1.165, 1.54) is 5.70 Å². The highest BCUT2D eigenvalue weighted by atomic mass is 16.1. The summed E-state index contributed by atoms with van der Waals surface area (Å²) in [6.07, 6.45) is 6.36. The fourth-order valence-corrected chi connectivity index (χ4v) is 3.69. The zero-order valence-electron chi connectivity index (χ0n) is 15.0. The van der Waals surface area contributed by atoms with E-state index in [-0.39, 0.29) is 11.7 Å². The lowest BCUT2D eigenvalue weighted by Gasteiger charge is -2.24. The number of nitrogens with zero attached hydrogens (tertiary/aromatic N) is 1. The Balaban J connectivity index is 1.95. The van der Waals surface area contributed by atoms with E-state index in [0.717, 1.165) is 27.5 Å². The first kappa shape index (κ1) is 16.3. The molecule has 0 aromatic heterocycles. The third kappa shape index (κ3) is 2.74. The van der Waals surface area contributed by atoms with Crippen LogP contribution in [0.1, 0.15) is 27.4 Å². The molecule has 1 aliphatic carbocycles. The molecule has 0 heterocycles. The number of fused-ring (bicyclic) bond motifs is 1. The second-order valence-corrected chi connectivity index (χ2v) is 6.79. The SMILES string of the molecule is CN(C)C1=CC=CC1c1ccc2ccccc2c1C(=O)c1ccccc1. The maximum absolute atomic E-state index is 13.5. The summed E-state index contributed by atoms with van der Waals surface area (Å²) in [5.41, 5.74) is 3.79. The molecule has 128 valence electrons. The Morgan fingerprint density at radius 1 is 0.885 bits per heavy atom. The number of likely N-dealkylation sites (N-methyl/N-ethyl adjacent to an activating group) is 1. The van der Waals surface area contributed by atoms with Crippen LogP contribution in [0.15, 0.2) is 90.7 Å². The summed E-state index contributed by atoms with van der Waals surface area (Å²) in [7, 11) is 4.09. The van der Waals surface area contributed by atoms with Crippen molar-refractivity contribution in [2.45, 2.75) is 5.92 Å². The minimum Gasteiger partial charge on any atom is -0.380 e. The van der Waals surface area contributed by atoms with Gasteiger partial charge < -0.3 is 4.90 Å². The summed E-state index contributed by atoms with van der Waals surface area (Å²) in [5, 5.41) is 2.10. The molecule has 0 bridgehead atoms. The van der Waals surface area contributed by atoms with E-state index in [0.29, 0.717) is 0 Å². The zero-order valence-corrected chi connectivity index (χ0v) is 15.0. The van der Waals surface area contributed by atoms with Crippen molar-refractivity contribution in [3.05, 3.63) is 107 Å². The lowest BCUT2D eigenvalue weighted by Crippen LogP contribution is -2.17. The summed E-state index contributed by atoms with van der Waals surface area (Å²) >= 11 is 0. The lowest BCUT2D eigenvalue weighted by atomic mass is 9.86. The van der Waals surface area contributed by atoms with Gasteiger partial charge in [0.25, 0.3) is 0 Å². The van der Waals surface area contributed by atoms with Crippen molar-refractivity contribution >= 4 is 16.6 Å². The molecule has 0 aliphatic heterocycles. The fourth-order valence-electron chi connectivity index (χ4n) is 3.69. The van der Waals surface area contributed by atoms with Crippen molar-refractivity contribution in [3.8, 4) is 0 Å². The Morgan fingerprint density at radius 3 is 2.38 bits per heavy atom. The van der Waals surface area contributed by atoms with E-state index in [1.807, 2.05) is 62.6 Å². The van der Waals surface area contributed by atoms with Gasteiger partial charge in [0.2, 0.25) is 0 Å². The minimum atomic E-state index is 0.0795. The van der Waals surface area contributed by atoms with E-state index in [2.05, 4.69) is 41.3 Å².